The molecule has 1 aliphatic carbocycles. The van der Waals surface area contributed by atoms with Gasteiger partial charge in [-0.15, -0.1) is 0 Å². The molecule has 0 saturated heterocycles. The van der Waals surface area contributed by atoms with E-state index < -0.39 is 36.3 Å². The van der Waals surface area contributed by atoms with Crippen molar-refractivity contribution in [2.45, 2.75) is 37.3 Å². The van der Waals surface area contributed by atoms with E-state index in [1.54, 1.807) is 0 Å². The molecule has 1 saturated carbocycles. The molecule has 78 valence electrons. The minimum Gasteiger partial charge on any atom is -0.390 e. The Balaban J connectivity index is 2.93. The van der Waals surface area contributed by atoms with Crippen molar-refractivity contribution in [3.8, 4) is 0 Å². The van der Waals surface area contributed by atoms with Gasteiger partial charge in [-0.3, -0.25) is 0 Å². The van der Waals surface area contributed by atoms with Crippen LogP contribution >= 0.6 is 0 Å². The SMILES string of the molecule is C[C@@H]1[C@@H](O)[C@@H](O)[C@H](O)[C@H](O)C1(F)F. The van der Waals surface area contributed by atoms with Crippen LogP contribution in [0.4, 0.5) is 8.78 Å². The van der Waals surface area contributed by atoms with Gasteiger partial charge < -0.3 is 20.4 Å². The van der Waals surface area contributed by atoms with Crippen LogP contribution in [0.25, 0.3) is 0 Å². The van der Waals surface area contributed by atoms with Gasteiger partial charge in [-0.05, 0) is 0 Å². The number of hydrogen-bond donors (Lipinski definition) is 4. The van der Waals surface area contributed by atoms with Gasteiger partial charge >= 0.3 is 0 Å². The summed E-state index contributed by atoms with van der Waals surface area (Å²) in [4.78, 5) is 0. The minimum atomic E-state index is -3.59. The van der Waals surface area contributed by atoms with Crippen LogP contribution in [0, 0.1) is 5.92 Å². The Bertz CT molecular complexity index is 181. The van der Waals surface area contributed by atoms with Crippen LogP contribution in [0.15, 0.2) is 0 Å². The van der Waals surface area contributed by atoms with Gasteiger partial charge in [-0.2, -0.15) is 0 Å². The van der Waals surface area contributed by atoms with Crippen molar-refractivity contribution < 1.29 is 29.2 Å². The maximum absolute atomic E-state index is 13.0. The van der Waals surface area contributed by atoms with Gasteiger partial charge in [0.1, 0.15) is 18.3 Å². The Morgan fingerprint density at radius 2 is 1.38 bits per heavy atom. The maximum Gasteiger partial charge on any atom is 0.281 e. The van der Waals surface area contributed by atoms with Crippen LogP contribution in [0.3, 0.4) is 0 Å². The summed E-state index contributed by atoms with van der Waals surface area (Å²) < 4.78 is 26.0. The number of aliphatic hydroxyl groups excluding tert-OH is 4. The van der Waals surface area contributed by atoms with Crippen LogP contribution in [0.5, 0.6) is 0 Å². The highest BCUT2D eigenvalue weighted by atomic mass is 19.3. The lowest BCUT2D eigenvalue weighted by molar-refractivity contribution is -0.263. The summed E-state index contributed by atoms with van der Waals surface area (Å²) >= 11 is 0. The van der Waals surface area contributed by atoms with E-state index in [4.69, 9.17) is 20.4 Å². The zero-order valence-electron chi connectivity index (χ0n) is 6.93. The van der Waals surface area contributed by atoms with Gasteiger partial charge in [0.2, 0.25) is 0 Å². The summed E-state index contributed by atoms with van der Waals surface area (Å²) in [5, 5.41) is 35.9. The topological polar surface area (TPSA) is 80.9 Å². The van der Waals surface area contributed by atoms with Gasteiger partial charge in [0.15, 0.2) is 0 Å². The number of alkyl halides is 2. The Kier molecular flexibility index (Phi) is 2.59. The Hall–Kier alpha value is -0.300. The largest absolute Gasteiger partial charge is 0.390 e. The average molecular weight is 198 g/mol. The third-order valence-corrected chi connectivity index (χ3v) is 2.54. The fourth-order valence-corrected chi connectivity index (χ4v) is 1.41. The van der Waals surface area contributed by atoms with Gasteiger partial charge in [0.05, 0.1) is 12.0 Å². The molecule has 1 rings (SSSR count). The molecule has 0 heterocycles. The second kappa shape index (κ2) is 3.13. The van der Waals surface area contributed by atoms with Gasteiger partial charge in [-0.1, -0.05) is 6.92 Å². The van der Waals surface area contributed by atoms with E-state index >= 15 is 0 Å². The van der Waals surface area contributed by atoms with E-state index in [0.717, 1.165) is 6.92 Å². The zero-order valence-corrected chi connectivity index (χ0v) is 6.93. The monoisotopic (exact) mass is 198 g/mol. The first-order valence-corrected chi connectivity index (χ1v) is 3.90. The highest BCUT2D eigenvalue weighted by Gasteiger charge is 2.58. The van der Waals surface area contributed by atoms with E-state index in [1.807, 2.05) is 0 Å². The molecule has 6 heteroatoms. The Morgan fingerprint density at radius 3 is 1.85 bits per heavy atom. The highest BCUT2D eigenvalue weighted by Crippen LogP contribution is 2.38. The lowest BCUT2D eigenvalue weighted by Gasteiger charge is -2.42. The molecule has 5 atom stereocenters. The lowest BCUT2D eigenvalue weighted by atomic mass is 9.79. The standard InChI is InChI=1S/C7H12F2O4/c1-2-3(10)4(11)5(12)6(13)7(2,8)9/h2-6,10-13H,1H3/t2-,3-,4-,5+,6+/m1/s1. The maximum atomic E-state index is 13.0. The van der Waals surface area contributed by atoms with Crippen LogP contribution in [0.2, 0.25) is 0 Å². The summed E-state index contributed by atoms with van der Waals surface area (Å²) in [6.45, 7) is 1.00. The lowest BCUT2D eigenvalue weighted by Crippen LogP contribution is -2.63. The van der Waals surface area contributed by atoms with E-state index in [2.05, 4.69) is 0 Å². The summed E-state index contributed by atoms with van der Waals surface area (Å²) in [6.07, 6.45) is -7.81. The summed E-state index contributed by atoms with van der Waals surface area (Å²) in [5.74, 6) is -5.17. The van der Waals surface area contributed by atoms with Crippen molar-refractivity contribution in [3.05, 3.63) is 0 Å². The van der Waals surface area contributed by atoms with Crippen molar-refractivity contribution in [1.82, 2.24) is 0 Å². The fourth-order valence-electron chi connectivity index (χ4n) is 1.41. The van der Waals surface area contributed by atoms with Crippen LogP contribution in [-0.2, 0) is 0 Å². The van der Waals surface area contributed by atoms with E-state index in [9.17, 15) is 8.78 Å². The van der Waals surface area contributed by atoms with Crippen LogP contribution < -0.4 is 0 Å². The fraction of sp³-hybridized carbons (Fsp3) is 1.00. The smallest absolute Gasteiger partial charge is 0.281 e. The van der Waals surface area contributed by atoms with Gasteiger partial charge in [0, 0.05) is 0 Å². The first-order chi connectivity index (χ1) is 5.80. The number of halogens is 2. The molecule has 0 spiro atoms. The first-order valence-electron chi connectivity index (χ1n) is 3.90. The molecule has 0 radical (unpaired) electrons. The molecule has 1 aliphatic rings. The Labute approximate surface area is 73.4 Å². The number of hydrogen-bond acceptors (Lipinski definition) is 4. The van der Waals surface area contributed by atoms with Crippen LogP contribution in [0.1, 0.15) is 6.92 Å². The third kappa shape index (κ3) is 1.43. The molecule has 0 amide bonds. The van der Waals surface area contributed by atoms with Gasteiger partial charge in [-0.25, -0.2) is 8.78 Å². The van der Waals surface area contributed by atoms with E-state index in [-0.39, 0.29) is 0 Å². The molecule has 1 fully saturated rings. The van der Waals surface area contributed by atoms with Crippen LogP contribution in [-0.4, -0.2) is 50.8 Å². The minimum absolute atomic E-state index is 1.00. The molecule has 0 unspecified atom stereocenters. The van der Waals surface area contributed by atoms with Gasteiger partial charge in [0.25, 0.3) is 5.92 Å². The molecule has 0 aromatic heterocycles. The van der Waals surface area contributed by atoms with Crippen molar-refractivity contribution >= 4 is 0 Å². The van der Waals surface area contributed by atoms with Crippen molar-refractivity contribution in [3.63, 3.8) is 0 Å². The molecule has 13 heavy (non-hydrogen) atoms. The second-order valence-electron chi connectivity index (χ2n) is 3.38. The summed E-state index contributed by atoms with van der Waals surface area (Å²) in [7, 11) is 0. The molecule has 0 aliphatic heterocycles. The molecule has 4 N–H and O–H groups in total. The molecule has 4 nitrogen and oxygen atoms in total. The first kappa shape index (κ1) is 10.8. The normalized spacial score (nSPS) is 50.5. The second-order valence-corrected chi connectivity index (χ2v) is 3.38. The number of aliphatic hydroxyl groups is 4. The molecular formula is C7H12F2O4. The third-order valence-electron chi connectivity index (χ3n) is 2.54. The predicted octanol–water partition coefficient (Wildman–Crippen LogP) is -1.29. The zero-order chi connectivity index (χ0) is 10.4. The highest BCUT2D eigenvalue weighted by molar-refractivity contribution is 5.01. The summed E-state index contributed by atoms with van der Waals surface area (Å²) in [6, 6.07) is 0. The van der Waals surface area contributed by atoms with Crippen molar-refractivity contribution in [1.29, 1.82) is 0 Å². The molecule has 0 bridgehead atoms. The predicted molar refractivity (Wildman–Crippen MR) is 38.1 cm³/mol. The van der Waals surface area contributed by atoms with Crippen molar-refractivity contribution in [2.75, 3.05) is 0 Å². The molecule has 0 aromatic rings. The Morgan fingerprint density at radius 1 is 0.923 bits per heavy atom. The molecule has 0 aromatic carbocycles. The molecular weight excluding hydrogens is 186 g/mol. The van der Waals surface area contributed by atoms with Crippen molar-refractivity contribution in [2.24, 2.45) is 5.92 Å². The van der Waals surface area contributed by atoms with E-state index in [0.29, 0.717) is 0 Å². The summed E-state index contributed by atoms with van der Waals surface area (Å²) in [5.41, 5.74) is 0. The average Bonchev–Trinajstić information content (AvgIpc) is 2.09. The quantitative estimate of drug-likeness (QED) is 0.390. The van der Waals surface area contributed by atoms with E-state index in [1.165, 1.54) is 0 Å². The number of rotatable bonds is 0.